The molecule has 104 valence electrons. The highest BCUT2D eigenvalue weighted by atomic mass is 32.2. The summed E-state index contributed by atoms with van der Waals surface area (Å²) < 4.78 is 26.9. The number of hydrogen-bond donors (Lipinski definition) is 2. The van der Waals surface area contributed by atoms with Crippen LogP contribution in [-0.4, -0.2) is 26.8 Å². The van der Waals surface area contributed by atoms with Gasteiger partial charge in [0.05, 0.1) is 5.75 Å². The number of aryl methyl sites for hydroxylation is 2. The summed E-state index contributed by atoms with van der Waals surface area (Å²) in [6.07, 6.45) is 5.38. The van der Waals surface area contributed by atoms with Gasteiger partial charge in [-0.25, -0.2) is 8.42 Å². The molecule has 1 aliphatic carbocycles. The lowest BCUT2D eigenvalue weighted by Gasteiger charge is -2.13. The first-order valence-electron chi connectivity index (χ1n) is 6.98. The van der Waals surface area contributed by atoms with E-state index in [4.69, 9.17) is 0 Å². The Bertz CT molecular complexity index is 563. The van der Waals surface area contributed by atoms with Gasteiger partial charge in [0.15, 0.2) is 0 Å². The van der Waals surface area contributed by atoms with E-state index < -0.39 is 10.0 Å². The van der Waals surface area contributed by atoms with Crippen LogP contribution in [0.4, 0.5) is 5.69 Å². The molecular weight excluding hydrogens is 260 g/mol. The predicted molar refractivity (Wildman–Crippen MR) is 76.9 cm³/mol. The van der Waals surface area contributed by atoms with Crippen molar-refractivity contribution in [1.82, 2.24) is 5.32 Å². The minimum absolute atomic E-state index is 0.104. The zero-order valence-corrected chi connectivity index (χ0v) is 11.8. The minimum Gasteiger partial charge on any atom is -0.313 e. The molecule has 1 heterocycles. The highest BCUT2D eigenvalue weighted by Gasteiger charge is 2.22. The Kier molecular flexibility index (Phi) is 3.50. The SMILES string of the molecule is O=S(=O)(CC1CCCN1)Nc1ccc2c(c1)CCC2. The van der Waals surface area contributed by atoms with Crippen molar-refractivity contribution in [3.05, 3.63) is 29.3 Å². The summed E-state index contributed by atoms with van der Waals surface area (Å²) >= 11 is 0. The van der Waals surface area contributed by atoms with E-state index in [0.717, 1.165) is 32.2 Å². The third kappa shape index (κ3) is 3.09. The van der Waals surface area contributed by atoms with Gasteiger partial charge in [-0.1, -0.05) is 6.07 Å². The Morgan fingerprint density at radius 3 is 2.84 bits per heavy atom. The Balaban J connectivity index is 1.69. The lowest BCUT2D eigenvalue weighted by atomic mass is 10.1. The van der Waals surface area contributed by atoms with Crippen LogP contribution in [0, 0.1) is 0 Å². The number of nitrogens with one attached hydrogen (secondary N) is 2. The Labute approximate surface area is 114 Å². The van der Waals surface area contributed by atoms with E-state index >= 15 is 0 Å². The van der Waals surface area contributed by atoms with Crippen molar-refractivity contribution >= 4 is 15.7 Å². The predicted octanol–water partition coefficient (Wildman–Crippen LogP) is 1.67. The fourth-order valence-electron chi connectivity index (χ4n) is 3.02. The maximum absolute atomic E-state index is 12.1. The summed E-state index contributed by atoms with van der Waals surface area (Å²) in [5.74, 6) is 0.171. The minimum atomic E-state index is -3.25. The normalized spacial score (nSPS) is 22.4. The fraction of sp³-hybridized carbons (Fsp3) is 0.571. The molecule has 1 aliphatic heterocycles. The molecule has 1 fully saturated rings. The van der Waals surface area contributed by atoms with Gasteiger partial charge in [-0.15, -0.1) is 0 Å². The first-order chi connectivity index (χ1) is 9.12. The molecule has 0 aromatic heterocycles. The second-order valence-corrected chi connectivity index (χ2v) is 7.28. The Hall–Kier alpha value is -1.07. The first-order valence-corrected chi connectivity index (χ1v) is 8.63. The zero-order chi connectivity index (χ0) is 13.3. The van der Waals surface area contributed by atoms with Gasteiger partial charge in [0.25, 0.3) is 0 Å². The molecule has 5 heteroatoms. The van der Waals surface area contributed by atoms with Crippen molar-refractivity contribution in [3.63, 3.8) is 0 Å². The van der Waals surface area contributed by atoms with E-state index in [1.807, 2.05) is 18.2 Å². The monoisotopic (exact) mass is 280 g/mol. The number of anilines is 1. The van der Waals surface area contributed by atoms with Crippen molar-refractivity contribution < 1.29 is 8.42 Å². The Morgan fingerprint density at radius 1 is 1.21 bits per heavy atom. The molecule has 3 rings (SSSR count). The van der Waals surface area contributed by atoms with Crippen LogP contribution < -0.4 is 10.0 Å². The molecule has 1 aromatic carbocycles. The van der Waals surface area contributed by atoms with Crippen LogP contribution in [0.25, 0.3) is 0 Å². The van der Waals surface area contributed by atoms with E-state index in [2.05, 4.69) is 10.0 Å². The van der Waals surface area contributed by atoms with Crippen LogP contribution in [0.2, 0.25) is 0 Å². The van der Waals surface area contributed by atoms with Crippen LogP contribution in [0.5, 0.6) is 0 Å². The van der Waals surface area contributed by atoms with Crippen LogP contribution in [0.3, 0.4) is 0 Å². The molecule has 4 nitrogen and oxygen atoms in total. The number of sulfonamides is 1. The number of fused-ring (bicyclic) bond motifs is 1. The fourth-order valence-corrected chi connectivity index (χ4v) is 4.40. The second-order valence-electron chi connectivity index (χ2n) is 5.51. The third-order valence-electron chi connectivity index (χ3n) is 3.95. The summed E-state index contributed by atoms with van der Waals surface area (Å²) in [5.41, 5.74) is 3.36. The van der Waals surface area contributed by atoms with Gasteiger partial charge in [0.1, 0.15) is 0 Å². The summed E-state index contributed by atoms with van der Waals surface area (Å²) in [6.45, 7) is 0.930. The van der Waals surface area contributed by atoms with E-state index in [0.29, 0.717) is 5.69 Å². The summed E-state index contributed by atoms with van der Waals surface area (Å²) in [4.78, 5) is 0. The van der Waals surface area contributed by atoms with Crippen molar-refractivity contribution in [1.29, 1.82) is 0 Å². The molecule has 0 radical (unpaired) electrons. The van der Waals surface area contributed by atoms with Gasteiger partial charge in [-0.2, -0.15) is 0 Å². The molecular formula is C14H20N2O2S. The lowest BCUT2D eigenvalue weighted by molar-refractivity contribution is 0.582. The van der Waals surface area contributed by atoms with Crippen molar-refractivity contribution in [2.75, 3.05) is 17.0 Å². The topological polar surface area (TPSA) is 58.2 Å². The molecule has 1 unspecified atom stereocenters. The van der Waals surface area contributed by atoms with Crippen LogP contribution in [0.15, 0.2) is 18.2 Å². The van der Waals surface area contributed by atoms with Gasteiger partial charge in [0.2, 0.25) is 10.0 Å². The molecule has 0 amide bonds. The van der Waals surface area contributed by atoms with E-state index in [-0.39, 0.29) is 11.8 Å². The van der Waals surface area contributed by atoms with Crippen LogP contribution in [0.1, 0.15) is 30.4 Å². The first kappa shape index (κ1) is 12.9. The smallest absolute Gasteiger partial charge is 0.234 e. The maximum Gasteiger partial charge on any atom is 0.234 e. The van der Waals surface area contributed by atoms with E-state index in [9.17, 15) is 8.42 Å². The number of hydrogen-bond acceptors (Lipinski definition) is 3. The second kappa shape index (κ2) is 5.13. The molecule has 1 saturated heterocycles. The average Bonchev–Trinajstić information content (AvgIpc) is 2.97. The summed E-state index contributed by atoms with van der Waals surface area (Å²) in [5, 5.41) is 3.22. The highest BCUT2D eigenvalue weighted by Crippen LogP contribution is 2.25. The van der Waals surface area contributed by atoms with Gasteiger partial charge < -0.3 is 5.32 Å². The molecule has 1 aromatic rings. The number of benzene rings is 1. The van der Waals surface area contributed by atoms with E-state index in [1.54, 1.807) is 0 Å². The molecule has 0 bridgehead atoms. The third-order valence-corrected chi connectivity index (χ3v) is 5.34. The van der Waals surface area contributed by atoms with Crippen molar-refractivity contribution in [2.45, 2.75) is 38.1 Å². The number of rotatable bonds is 4. The highest BCUT2D eigenvalue weighted by molar-refractivity contribution is 7.92. The van der Waals surface area contributed by atoms with Crippen molar-refractivity contribution in [3.8, 4) is 0 Å². The molecule has 1 atom stereocenters. The van der Waals surface area contributed by atoms with E-state index in [1.165, 1.54) is 17.5 Å². The molecule has 0 spiro atoms. The average molecular weight is 280 g/mol. The maximum atomic E-state index is 12.1. The largest absolute Gasteiger partial charge is 0.313 e. The lowest BCUT2D eigenvalue weighted by Crippen LogP contribution is -2.32. The molecule has 2 aliphatic rings. The summed E-state index contributed by atoms with van der Waals surface area (Å²) in [6, 6.07) is 6.02. The quantitative estimate of drug-likeness (QED) is 0.882. The van der Waals surface area contributed by atoms with Crippen LogP contribution in [-0.2, 0) is 22.9 Å². The van der Waals surface area contributed by atoms with Gasteiger partial charge >= 0.3 is 0 Å². The van der Waals surface area contributed by atoms with Gasteiger partial charge in [0, 0.05) is 11.7 Å². The molecule has 0 saturated carbocycles. The van der Waals surface area contributed by atoms with Crippen LogP contribution >= 0.6 is 0 Å². The Morgan fingerprint density at radius 2 is 2.05 bits per heavy atom. The zero-order valence-electron chi connectivity index (χ0n) is 11.0. The molecule has 19 heavy (non-hydrogen) atoms. The molecule has 2 N–H and O–H groups in total. The summed E-state index contributed by atoms with van der Waals surface area (Å²) in [7, 11) is -3.25. The van der Waals surface area contributed by atoms with Crippen molar-refractivity contribution in [2.24, 2.45) is 0 Å². The standard InChI is InChI=1S/C14H20N2O2S/c17-19(18,10-14-5-2-8-15-14)16-13-7-6-11-3-1-4-12(11)9-13/h6-7,9,14-16H,1-5,8,10H2. The van der Waals surface area contributed by atoms with Gasteiger partial charge in [-0.3, -0.25) is 4.72 Å². The van der Waals surface area contributed by atoms with Gasteiger partial charge in [-0.05, 0) is 61.9 Å².